The molecule has 1 aromatic rings. The van der Waals surface area contributed by atoms with Crippen molar-refractivity contribution >= 4 is 23.7 Å². The van der Waals surface area contributed by atoms with Gasteiger partial charge in [-0.05, 0) is 30.9 Å². The Morgan fingerprint density at radius 1 is 1.07 bits per heavy atom. The van der Waals surface area contributed by atoms with Crippen LogP contribution in [0.4, 0.5) is 4.79 Å². The number of urea groups is 1. The quantitative estimate of drug-likeness (QED) is 0.833. The van der Waals surface area contributed by atoms with E-state index in [9.17, 15) is 9.59 Å². The molecule has 2 heterocycles. The standard InChI is InChI=1S/C20H28N4O2S/c1-12-8-4-7-11-14(12)16-21-17-15(19(25)24(3)20(26)23(17)2)18(22-16)27-13-9-5-6-10-13/h4,7-8,11,13,15-18,21-22H,5-6,9-10H2,1-3H3. The Labute approximate surface area is 165 Å². The Hall–Kier alpha value is -1.57. The summed E-state index contributed by atoms with van der Waals surface area (Å²) in [5, 5.41) is 7.79. The van der Waals surface area contributed by atoms with Crippen molar-refractivity contribution in [3.05, 3.63) is 35.4 Å². The summed E-state index contributed by atoms with van der Waals surface area (Å²) in [7, 11) is 3.37. The van der Waals surface area contributed by atoms with E-state index in [0.29, 0.717) is 5.25 Å². The van der Waals surface area contributed by atoms with E-state index in [-0.39, 0.29) is 35.6 Å². The van der Waals surface area contributed by atoms with Crippen molar-refractivity contribution in [3.63, 3.8) is 0 Å². The lowest BCUT2D eigenvalue weighted by molar-refractivity contribution is -0.140. The third-order valence-electron chi connectivity index (χ3n) is 6.10. The zero-order valence-corrected chi connectivity index (χ0v) is 17.0. The van der Waals surface area contributed by atoms with Crippen LogP contribution in [0, 0.1) is 12.8 Å². The van der Waals surface area contributed by atoms with Crippen LogP contribution in [-0.2, 0) is 4.79 Å². The molecular weight excluding hydrogens is 360 g/mol. The molecule has 146 valence electrons. The normalized spacial score (nSPS) is 32.1. The van der Waals surface area contributed by atoms with E-state index in [2.05, 4.69) is 29.7 Å². The maximum atomic E-state index is 13.0. The number of nitrogens with one attached hydrogen (secondary N) is 2. The minimum absolute atomic E-state index is 0.0190. The highest BCUT2D eigenvalue weighted by Crippen LogP contribution is 2.40. The van der Waals surface area contributed by atoms with Crippen LogP contribution in [0.5, 0.6) is 0 Å². The molecule has 2 N–H and O–H groups in total. The highest BCUT2D eigenvalue weighted by molar-refractivity contribution is 8.00. The second-order valence-electron chi connectivity index (χ2n) is 7.85. The van der Waals surface area contributed by atoms with Gasteiger partial charge in [0, 0.05) is 19.3 Å². The summed E-state index contributed by atoms with van der Waals surface area (Å²) in [6, 6.07) is 8.02. The van der Waals surface area contributed by atoms with Crippen LogP contribution in [0.15, 0.2) is 24.3 Å². The summed E-state index contributed by atoms with van der Waals surface area (Å²) in [5.74, 6) is -0.384. The first-order valence-electron chi connectivity index (χ1n) is 9.75. The molecule has 1 saturated carbocycles. The van der Waals surface area contributed by atoms with Crippen molar-refractivity contribution in [1.82, 2.24) is 20.4 Å². The first-order valence-corrected chi connectivity index (χ1v) is 10.7. The first-order chi connectivity index (χ1) is 13.0. The van der Waals surface area contributed by atoms with Crippen LogP contribution in [0.1, 0.15) is 43.0 Å². The fraction of sp³-hybridized carbons (Fsp3) is 0.600. The second-order valence-corrected chi connectivity index (χ2v) is 9.29. The lowest BCUT2D eigenvalue weighted by Crippen LogP contribution is -2.72. The van der Waals surface area contributed by atoms with Gasteiger partial charge in [-0.1, -0.05) is 37.1 Å². The molecule has 0 aromatic heterocycles. The molecule has 3 aliphatic rings. The summed E-state index contributed by atoms with van der Waals surface area (Å²) in [6.45, 7) is 2.10. The van der Waals surface area contributed by atoms with Gasteiger partial charge in [-0.3, -0.25) is 20.3 Å². The van der Waals surface area contributed by atoms with Gasteiger partial charge in [-0.15, -0.1) is 11.8 Å². The van der Waals surface area contributed by atoms with Gasteiger partial charge in [0.2, 0.25) is 5.91 Å². The Kier molecular flexibility index (Phi) is 5.18. The molecule has 1 aromatic carbocycles. The monoisotopic (exact) mass is 388 g/mol. The number of hydrogen-bond acceptors (Lipinski definition) is 5. The van der Waals surface area contributed by atoms with E-state index >= 15 is 0 Å². The number of carbonyl (C=O) groups excluding carboxylic acids is 2. The molecule has 3 fully saturated rings. The van der Waals surface area contributed by atoms with Crippen LogP contribution in [0.2, 0.25) is 0 Å². The number of carbonyl (C=O) groups is 2. The van der Waals surface area contributed by atoms with Crippen molar-refractivity contribution in [2.75, 3.05) is 14.1 Å². The van der Waals surface area contributed by atoms with Crippen molar-refractivity contribution < 1.29 is 9.59 Å². The average molecular weight is 389 g/mol. The highest BCUT2D eigenvalue weighted by atomic mass is 32.2. The second kappa shape index (κ2) is 7.45. The third-order valence-corrected chi connectivity index (χ3v) is 7.68. The molecule has 1 aliphatic carbocycles. The Bertz CT molecular complexity index is 736. The summed E-state index contributed by atoms with van der Waals surface area (Å²) in [5.41, 5.74) is 2.36. The van der Waals surface area contributed by atoms with Gasteiger partial charge >= 0.3 is 6.03 Å². The van der Waals surface area contributed by atoms with Gasteiger partial charge < -0.3 is 4.90 Å². The maximum Gasteiger partial charge on any atom is 0.327 e. The largest absolute Gasteiger partial charge is 0.327 e. The highest BCUT2D eigenvalue weighted by Gasteiger charge is 2.51. The molecule has 0 radical (unpaired) electrons. The number of nitrogens with zero attached hydrogens (tertiary/aromatic N) is 2. The predicted octanol–water partition coefficient (Wildman–Crippen LogP) is 2.65. The molecule has 27 heavy (non-hydrogen) atoms. The fourth-order valence-corrected chi connectivity index (χ4v) is 6.16. The summed E-state index contributed by atoms with van der Waals surface area (Å²) < 4.78 is 0. The molecule has 3 amide bonds. The summed E-state index contributed by atoms with van der Waals surface area (Å²) >= 11 is 1.89. The number of amides is 3. The number of benzene rings is 1. The number of hydrogen-bond donors (Lipinski definition) is 2. The SMILES string of the molecule is Cc1ccccc1C1NC(SC2CCCC2)C2C(=O)N(C)C(=O)N(C)C2N1. The van der Waals surface area contributed by atoms with Crippen molar-refractivity contribution in [2.45, 2.75) is 55.6 Å². The van der Waals surface area contributed by atoms with Gasteiger partial charge in [-0.25, -0.2) is 4.79 Å². The minimum atomic E-state index is -0.300. The molecule has 4 atom stereocenters. The van der Waals surface area contributed by atoms with E-state index in [1.807, 2.05) is 23.9 Å². The van der Waals surface area contributed by atoms with Crippen LogP contribution in [-0.4, -0.2) is 52.6 Å². The fourth-order valence-electron chi connectivity index (χ4n) is 4.49. The van der Waals surface area contributed by atoms with Gasteiger partial charge in [0.25, 0.3) is 0 Å². The third kappa shape index (κ3) is 3.37. The zero-order chi connectivity index (χ0) is 19.1. The number of aryl methyl sites for hydroxylation is 1. The zero-order valence-electron chi connectivity index (χ0n) is 16.1. The van der Waals surface area contributed by atoms with Crippen molar-refractivity contribution in [3.8, 4) is 0 Å². The molecule has 7 heteroatoms. The molecule has 2 saturated heterocycles. The number of fused-ring (bicyclic) bond motifs is 1. The molecule has 2 aliphatic heterocycles. The van der Waals surface area contributed by atoms with Gasteiger partial charge in [0.05, 0.1) is 23.6 Å². The molecule has 4 rings (SSSR count). The predicted molar refractivity (Wildman–Crippen MR) is 107 cm³/mol. The summed E-state index contributed by atoms with van der Waals surface area (Å²) in [6.07, 6.45) is 4.57. The molecule has 6 nitrogen and oxygen atoms in total. The van der Waals surface area contributed by atoms with Crippen molar-refractivity contribution in [2.24, 2.45) is 5.92 Å². The van der Waals surface area contributed by atoms with Gasteiger partial charge in [0.1, 0.15) is 0 Å². The van der Waals surface area contributed by atoms with E-state index in [1.54, 1.807) is 19.0 Å². The van der Waals surface area contributed by atoms with Crippen LogP contribution >= 0.6 is 11.8 Å². The van der Waals surface area contributed by atoms with Crippen LogP contribution < -0.4 is 10.6 Å². The molecule has 0 bridgehead atoms. The van der Waals surface area contributed by atoms with Crippen LogP contribution in [0.3, 0.4) is 0 Å². The van der Waals surface area contributed by atoms with Gasteiger partial charge in [-0.2, -0.15) is 0 Å². The lowest BCUT2D eigenvalue weighted by atomic mass is 9.95. The average Bonchev–Trinajstić information content (AvgIpc) is 3.17. The molecule has 4 unspecified atom stereocenters. The lowest BCUT2D eigenvalue weighted by Gasteiger charge is -2.50. The Morgan fingerprint density at radius 2 is 1.78 bits per heavy atom. The van der Waals surface area contributed by atoms with Crippen molar-refractivity contribution in [1.29, 1.82) is 0 Å². The number of rotatable bonds is 3. The van der Waals surface area contributed by atoms with Crippen LogP contribution in [0.25, 0.3) is 0 Å². The molecular formula is C20H28N4O2S. The Morgan fingerprint density at radius 3 is 2.48 bits per heavy atom. The van der Waals surface area contributed by atoms with E-state index in [4.69, 9.17) is 0 Å². The van der Waals surface area contributed by atoms with E-state index < -0.39 is 0 Å². The maximum absolute atomic E-state index is 13.0. The number of thioether (sulfide) groups is 1. The summed E-state index contributed by atoms with van der Waals surface area (Å²) in [4.78, 5) is 28.5. The van der Waals surface area contributed by atoms with Gasteiger partial charge in [0.15, 0.2) is 0 Å². The first kappa shape index (κ1) is 18.8. The van der Waals surface area contributed by atoms with E-state index in [0.717, 1.165) is 0 Å². The van der Waals surface area contributed by atoms with E-state index in [1.165, 1.54) is 41.7 Å². The Balaban J connectivity index is 1.66. The topological polar surface area (TPSA) is 64.7 Å². The minimum Gasteiger partial charge on any atom is -0.311 e. The molecule has 0 spiro atoms. The number of imide groups is 1. The smallest absolute Gasteiger partial charge is 0.311 e.